The molecule has 144 valence electrons. The number of carbonyl (C=O) groups is 1. The molecule has 0 radical (unpaired) electrons. The zero-order valence-corrected chi connectivity index (χ0v) is 17.1. The van der Waals surface area contributed by atoms with Crippen LogP contribution in [-0.2, 0) is 12.3 Å². The van der Waals surface area contributed by atoms with Crippen molar-refractivity contribution in [3.8, 4) is 6.07 Å². The lowest BCUT2D eigenvalue weighted by molar-refractivity contribution is -0.0643. The van der Waals surface area contributed by atoms with E-state index in [2.05, 4.69) is 20.9 Å². The average Bonchev–Trinajstić information content (AvgIpc) is 3.05. The van der Waals surface area contributed by atoms with Crippen molar-refractivity contribution in [1.29, 1.82) is 5.26 Å². The van der Waals surface area contributed by atoms with Gasteiger partial charge in [0.25, 0.3) is 5.91 Å². The van der Waals surface area contributed by atoms with E-state index in [-0.39, 0.29) is 23.4 Å². The van der Waals surface area contributed by atoms with Crippen molar-refractivity contribution in [3.63, 3.8) is 0 Å². The molecule has 0 saturated carbocycles. The van der Waals surface area contributed by atoms with E-state index in [1.54, 1.807) is 24.3 Å². The van der Waals surface area contributed by atoms with Crippen molar-refractivity contribution in [3.05, 3.63) is 98.0 Å². The van der Waals surface area contributed by atoms with Crippen molar-refractivity contribution in [2.75, 3.05) is 0 Å². The van der Waals surface area contributed by atoms with Crippen LogP contribution in [0.25, 0.3) is 0 Å². The number of carbonyl (C=O) groups excluding carboxylic acids is 1. The van der Waals surface area contributed by atoms with E-state index in [0.717, 1.165) is 4.90 Å². The summed E-state index contributed by atoms with van der Waals surface area (Å²) in [4.78, 5) is 18.5. The molecule has 4 rings (SSSR count). The summed E-state index contributed by atoms with van der Waals surface area (Å²) in [6, 6.07) is 14.0. The maximum atomic E-state index is 14.5. The number of aromatic nitrogens is 1. The monoisotopic (exact) mass is 471 g/mol. The molecule has 1 unspecified atom stereocenters. The van der Waals surface area contributed by atoms with Crippen LogP contribution in [0.2, 0.25) is 5.02 Å². The van der Waals surface area contributed by atoms with E-state index in [1.165, 1.54) is 30.5 Å². The smallest absolute Gasteiger partial charge is 0.257 e. The number of fused-ring (bicyclic) bond motifs is 1. The summed E-state index contributed by atoms with van der Waals surface area (Å²) in [6.45, 7) is -0.145. The van der Waals surface area contributed by atoms with Gasteiger partial charge in [-0.1, -0.05) is 39.7 Å². The van der Waals surface area contributed by atoms with Crippen LogP contribution in [-0.4, -0.2) is 20.9 Å². The van der Waals surface area contributed by atoms with Gasteiger partial charge < -0.3 is 5.11 Å². The number of amides is 1. The number of halogens is 3. The summed E-state index contributed by atoms with van der Waals surface area (Å²) in [7, 11) is 0. The van der Waals surface area contributed by atoms with E-state index in [4.69, 9.17) is 16.9 Å². The van der Waals surface area contributed by atoms with Gasteiger partial charge in [-0.15, -0.1) is 0 Å². The number of pyridine rings is 1. The fourth-order valence-electron chi connectivity index (χ4n) is 3.38. The molecule has 0 fully saturated rings. The van der Waals surface area contributed by atoms with E-state index in [1.807, 2.05) is 6.07 Å². The van der Waals surface area contributed by atoms with Gasteiger partial charge in [0.15, 0.2) is 0 Å². The molecule has 2 aromatic carbocycles. The van der Waals surface area contributed by atoms with Crippen LogP contribution in [0.1, 0.15) is 32.7 Å². The molecule has 0 bridgehead atoms. The SMILES string of the molecule is N#Cc1ccc(C(O)(c2ccc(Cl)cc2)N2Cc3c(F)cc(Br)cc3C2=O)nc1. The summed E-state index contributed by atoms with van der Waals surface area (Å²) in [5, 5.41) is 21.3. The van der Waals surface area contributed by atoms with Gasteiger partial charge in [0.1, 0.15) is 11.9 Å². The number of hydrogen-bond donors (Lipinski definition) is 1. The number of hydrogen-bond acceptors (Lipinski definition) is 4. The summed E-state index contributed by atoms with van der Waals surface area (Å²) in [5.41, 5.74) is -0.873. The highest BCUT2D eigenvalue weighted by molar-refractivity contribution is 9.10. The van der Waals surface area contributed by atoms with Crippen LogP contribution >= 0.6 is 27.5 Å². The second-order valence-electron chi connectivity index (χ2n) is 6.53. The minimum Gasteiger partial charge on any atom is -0.362 e. The number of rotatable bonds is 3. The van der Waals surface area contributed by atoms with Crippen LogP contribution in [0.3, 0.4) is 0 Å². The molecular weight excluding hydrogens is 461 g/mol. The van der Waals surface area contributed by atoms with Gasteiger partial charge in [0, 0.05) is 32.4 Å². The van der Waals surface area contributed by atoms with Crippen molar-refractivity contribution in [2.24, 2.45) is 0 Å². The number of benzene rings is 2. The topological polar surface area (TPSA) is 77.2 Å². The first kappa shape index (κ1) is 19.5. The number of nitriles is 1. The van der Waals surface area contributed by atoms with E-state index < -0.39 is 17.4 Å². The zero-order chi connectivity index (χ0) is 20.8. The molecule has 1 amide bonds. The Morgan fingerprint density at radius 2 is 1.97 bits per heavy atom. The van der Waals surface area contributed by atoms with Crippen LogP contribution in [0.4, 0.5) is 4.39 Å². The normalized spacial score (nSPS) is 15.0. The summed E-state index contributed by atoms with van der Waals surface area (Å²) in [5.74, 6) is -1.08. The molecule has 0 saturated heterocycles. The third-order valence-electron chi connectivity index (χ3n) is 4.84. The first-order valence-corrected chi connectivity index (χ1v) is 9.66. The second kappa shape index (κ2) is 7.23. The van der Waals surface area contributed by atoms with Gasteiger partial charge >= 0.3 is 0 Å². The third-order valence-corrected chi connectivity index (χ3v) is 5.55. The Kier molecular flexibility index (Phi) is 4.87. The molecule has 0 spiro atoms. The molecule has 1 atom stereocenters. The molecular formula is C21H12BrClFN3O2. The predicted octanol–water partition coefficient (Wildman–Crippen LogP) is 4.36. The summed E-state index contributed by atoms with van der Waals surface area (Å²) < 4.78 is 14.9. The molecule has 0 aliphatic carbocycles. The largest absolute Gasteiger partial charge is 0.362 e. The maximum Gasteiger partial charge on any atom is 0.257 e. The van der Waals surface area contributed by atoms with Gasteiger partial charge in [0.2, 0.25) is 5.72 Å². The van der Waals surface area contributed by atoms with Crippen LogP contribution in [0.15, 0.2) is 59.2 Å². The zero-order valence-electron chi connectivity index (χ0n) is 14.7. The lowest BCUT2D eigenvalue weighted by Gasteiger charge is -2.37. The van der Waals surface area contributed by atoms with Crippen molar-refractivity contribution >= 4 is 33.4 Å². The first-order chi connectivity index (χ1) is 13.8. The van der Waals surface area contributed by atoms with Crippen LogP contribution < -0.4 is 0 Å². The fourth-order valence-corrected chi connectivity index (χ4v) is 3.94. The standard InChI is InChI=1S/C21H12BrClFN3O2/c22-14-7-16-17(18(24)8-14)11-27(20(16)28)21(29,13-2-4-15(23)5-3-13)19-6-1-12(9-25)10-26-19/h1-8,10,29H,11H2. The average molecular weight is 473 g/mol. The van der Waals surface area contributed by atoms with Gasteiger partial charge in [-0.2, -0.15) is 5.26 Å². The Morgan fingerprint density at radius 1 is 1.24 bits per heavy atom. The van der Waals surface area contributed by atoms with Crippen LogP contribution in [0, 0.1) is 17.1 Å². The Balaban J connectivity index is 1.89. The highest BCUT2D eigenvalue weighted by Crippen LogP contribution is 2.40. The van der Waals surface area contributed by atoms with E-state index >= 15 is 0 Å². The Labute approximate surface area is 179 Å². The van der Waals surface area contributed by atoms with Gasteiger partial charge in [-0.3, -0.25) is 14.7 Å². The second-order valence-corrected chi connectivity index (χ2v) is 7.88. The molecule has 1 aliphatic heterocycles. The molecule has 3 aromatic rings. The lowest BCUT2D eigenvalue weighted by Crippen LogP contribution is -2.47. The Morgan fingerprint density at radius 3 is 2.59 bits per heavy atom. The Bertz CT molecular complexity index is 1160. The molecule has 8 heteroatoms. The third kappa shape index (κ3) is 3.19. The first-order valence-electron chi connectivity index (χ1n) is 8.49. The molecule has 1 aliphatic rings. The maximum absolute atomic E-state index is 14.5. The minimum atomic E-state index is -1.99. The number of nitrogens with zero attached hydrogens (tertiary/aromatic N) is 3. The van der Waals surface area contributed by atoms with Crippen molar-refractivity contribution in [2.45, 2.75) is 12.3 Å². The predicted molar refractivity (Wildman–Crippen MR) is 107 cm³/mol. The van der Waals surface area contributed by atoms with E-state index in [0.29, 0.717) is 20.6 Å². The van der Waals surface area contributed by atoms with Gasteiger partial charge in [-0.05, 0) is 36.4 Å². The molecule has 1 aromatic heterocycles. The summed E-state index contributed by atoms with van der Waals surface area (Å²) >= 11 is 9.17. The molecule has 29 heavy (non-hydrogen) atoms. The van der Waals surface area contributed by atoms with Crippen molar-refractivity contribution < 1.29 is 14.3 Å². The number of aliphatic hydroxyl groups is 1. The van der Waals surface area contributed by atoms with Crippen molar-refractivity contribution in [1.82, 2.24) is 9.88 Å². The molecule has 1 N–H and O–H groups in total. The Hall–Kier alpha value is -2.79. The molecule has 2 heterocycles. The fraction of sp³-hybridized carbons (Fsp3) is 0.0952. The van der Waals surface area contributed by atoms with Crippen LogP contribution in [0.5, 0.6) is 0 Å². The minimum absolute atomic E-state index is 0.124. The lowest BCUT2D eigenvalue weighted by atomic mass is 9.96. The van der Waals surface area contributed by atoms with Gasteiger partial charge in [0.05, 0.1) is 17.8 Å². The highest BCUT2D eigenvalue weighted by atomic mass is 79.9. The molecule has 5 nitrogen and oxygen atoms in total. The summed E-state index contributed by atoms with van der Waals surface area (Å²) in [6.07, 6.45) is 1.31. The quantitative estimate of drug-likeness (QED) is 0.614. The highest BCUT2D eigenvalue weighted by Gasteiger charge is 2.47. The van der Waals surface area contributed by atoms with Gasteiger partial charge in [-0.25, -0.2) is 4.39 Å². The van der Waals surface area contributed by atoms with E-state index in [9.17, 15) is 14.3 Å².